The number of rotatable bonds is 8. The molecule has 0 bridgehead atoms. The van der Waals surface area contributed by atoms with Crippen molar-refractivity contribution in [3.8, 4) is 0 Å². The van der Waals surface area contributed by atoms with Crippen LogP contribution in [0, 0.1) is 5.92 Å². The second-order valence-electron chi connectivity index (χ2n) is 8.62. The van der Waals surface area contributed by atoms with Crippen LogP contribution in [0.4, 0.5) is 5.69 Å². The van der Waals surface area contributed by atoms with E-state index < -0.39 is 22.1 Å². The average Bonchev–Trinajstić information content (AvgIpc) is 3.36. The van der Waals surface area contributed by atoms with Gasteiger partial charge < -0.3 is 5.32 Å². The van der Waals surface area contributed by atoms with Crippen molar-refractivity contribution in [3.05, 3.63) is 92.2 Å². The number of halogens is 5. The third-order valence-electron chi connectivity index (χ3n) is 5.75. The maximum Gasteiger partial charge on any atom is 0.231 e. The van der Waals surface area contributed by atoms with Crippen molar-refractivity contribution in [2.24, 2.45) is 5.92 Å². The maximum absolute atomic E-state index is 13.0. The second-order valence-corrected chi connectivity index (χ2v) is 11.3. The summed E-state index contributed by atoms with van der Waals surface area (Å²) in [5.41, 5.74) is 2.35. The van der Waals surface area contributed by atoms with Gasteiger partial charge in [0.2, 0.25) is 5.91 Å². The van der Waals surface area contributed by atoms with Gasteiger partial charge >= 0.3 is 0 Å². The highest BCUT2D eigenvalue weighted by molar-refractivity contribution is 6.53. The summed E-state index contributed by atoms with van der Waals surface area (Å²) in [7, 11) is 0. The highest BCUT2D eigenvalue weighted by Crippen LogP contribution is 2.65. The van der Waals surface area contributed by atoms with Gasteiger partial charge in [-0.1, -0.05) is 40.9 Å². The number of amides is 1. The number of hydrogen-bond donors (Lipinski definition) is 1. The van der Waals surface area contributed by atoms with Gasteiger partial charge in [-0.15, -0.1) is 23.2 Å². The molecule has 2 atom stereocenters. The van der Waals surface area contributed by atoms with Crippen molar-refractivity contribution < 1.29 is 14.4 Å². The SMILES string of the molecule is CC(=O)Cc1cccc(CC(=O)c2cc(NC(=O)C3C(c4cc(Cl)cc(Cl)c4)C3(Cl)Cl)ccc2Cl)n1. The van der Waals surface area contributed by atoms with Crippen LogP contribution in [0.5, 0.6) is 0 Å². The Labute approximate surface area is 233 Å². The summed E-state index contributed by atoms with van der Waals surface area (Å²) in [5.74, 6) is -1.98. The lowest BCUT2D eigenvalue weighted by molar-refractivity contribution is -0.117. The van der Waals surface area contributed by atoms with E-state index in [1.165, 1.54) is 19.1 Å². The van der Waals surface area contributed by atoms with Crippen LogP contribution in [0.1, 0.15) is 40.2 Å². The first kappa shape index (κ1) is 26.9. The van der Waals surface area contributed by atoms with Crippen molar-refractivity contribution in [2.75, 3.05) is 5.32 Å². The lowest BCUT2D eigenvalue weighted by Gasteiger charge is -2.10. The van der Waals surface area contributed by atoms with E-state index in [9.17, 15) is 14.4 Å². The predicted molar refractivity (Wildman–Crippen MR) is 144 cm³/mol. The van der Waals surface area contributed by atoms with Crippen LogP contribution in [-0.4, -0.2) is 26.8 Å². The Balaban J connectivity index is 1.49. The van der Waals surface area contributed by atoms with Crippen molar-refractivity contribution in [1.82, 2.24) is 4.98 Å². The van der Waals surface area contributed by atoms with Gasteiger partial charge in [0.1, 0.15) is 10.1 Å². The van der Waals surface area contributed by atoms with Gasteiger partial charge in [-0.05, 0) is 61.0 Å². The largest absolute Gasteiger partial charge is 0.326 e. The lowest BCUT2D eigenvalue weighted by Crippen LogP contribution is -2.17. The first-order valence-electron chi connectivity index (χ1n) is 10.9. The zero-order valence-corrected chi connectivity index (χ0v) is 22.6. The van der Waals surface area contributed by atoms with E-state index in [4.69, 9.17) is 58.0 Å². The van der Waals surface area contributed by atoms with Crippen LogP contribution in [-0.2, 0) is 22.4 Å². The zero-order valence-electron chi connectivity index (χ0n) is 18.8. The summed E-state index contributed by atoms with van der Waals surface area (Å²) < 4.78 is -1.33. The molecule has 1 aliphatic rings. The summed E-state index contributed by atoms with van der Waals surface area (Å²) >= 11 is 31.3. The number of pyridine rings is 1. The molecule has 5 nitrogen and oxygen atoms in total. The molecular formula is C26H19Cl5N2O3. The number of hydrogen-bond acceptors (Lipinski definition) is 4. The minimum Gasteiger partial charge on any atom is -0.326 e. The van der Waals surface area contributed by atoms with Gasteiger partial charge in [0, 0.05) is 45.0 Å². The number of alkyl halides is 2. The Morgan fingerprint density at radius 1 is 0.917 bits per heavy atom. The molecule has 3 aromatic rings. The van der Waals surface area contributed by atoms with E-state index in [1.807, 2.05) is 0 Å². The Morgan fingerprint density at radius 3 is 2.19 bits per heavy atom. The number of nitrogens with zero attached hydrogens (tertiary/aromatic N) is 1. The molecule has 0 radical (unpaired) electrons. The molecule has 2 aromatic carbocycles. The van der Waals surface area contributed by atoms with Crippen molar-refractivity contribution in [3.63, 3.8) is 0 Å². The fourth-order valence-corrected chi connectivity index (χ4v) is 5.69. The standard InChI is InChI=1S/C26H19Cl5N2O3/c1-13(34)7-17-3-2-4-18(32-17)12-22(35)20-11-19(5-6-21(20)29)33-25(36)24-23(26(24,30)31)14-8-15(27)10-16(28)9-14/h2-6,8-11,23-24H,7,12H2,1H3,(H,33,36). The van der Waals surface area contributed by atoms with Gasteiger partial charge in [-0.2, -0.15) is 0 Å². The van der Waals surface area contributed by atoms with Crippen LogP contribution in [0.2, 0.25) is 15.1 Å². The molecule has 0 spiro atoms. The Hall–Kier alpha value is -2.15. The molecule has 186 valence electrons. The van der Waals surface area contributed by atoms with E-state index in [1.54, 1.807) is 42.5 Å². The Morgan fingerprint density at radius 2 is 1.56 bits per heavy atom. The fourth-order valence-electron chi connectivity index (χ4n) is 4.10. The van der Waals surface area contributed by atoms with E-state index in [2.05, 4.69) is 10.3 Å². The number of anilines is 1. The van der Waals surface area contributed by atoms with E-state index in [0.717, 1.165) is 0 Å². The highest BCUT2D eigenvalue weighted by Gasteiger charge is 2.67. The second kappa shape index (κ2) is 10.7. The molecule has 36 heavy (non-hydrogen) atoms. The molecule has 1 saturated carbocycles. The Kier molecular flexibility index (Phi) is 7.98. The molecule has 1 aliphatic carbocycles. The van der Waals surface area contributed by atoms with Gasteiger partial charge in [0.25, 0.3) is 0 Å². The van der Waals surface area contributed by atoms with E-state index in [0.29, 0.717) is 32.7 Å². The first-order chi connectivity index (χ1) is 17.0. The normalized spacial score (nSPS) is 17.9. The molecule has 0 saturated heterocycles. The lowest BCUT2D eigenvalue weighted by atomic mass is 10.0. The number of nitrogens with one attached hydrogen (secondary N) is 1. The number of carbonyl (C=O) groups excluding carboxylic acids is 3. The van der Waals surface area contributed by atoms with E-state index in [-0.39, 0.29) is 35.0 Å². The maximum atomic E-state index is 13.0. The molecule has 10 heteroatoms. The Bertz CT molecular complexity index is 1360. The van der Waals surface area contributed by atoms with Gasteiger partial charge in [-0.25, -0.2) is 0 Å². The van der Waals surface area contributed by atoms with Gasteiger partial charge in [0.05, 0.1) is 17.4 Å². The summed E-state index contributed by atoms with van der Waals surface area (Å²) in [6.07, 6.45) is 0.173. The molecule has 1 amide bonds. The van der Waals surface area contributed by atoms with Crippen LogP contribution in [0.25, 0.3) is 0 Å². The van der Waals surface area contributed by atoms with Crippen molar-refractivity contribution in [2.45, 2.75) is 30.0 Å². The summed E-state index contributed by atoms with van der Waals surface area (Å²) in [5, 5.41) is 3.83. The monoisotopic (exact) mass is 582 g/mol. The third kappa shape index (κ3) is 6.04. The molecular weight excluding hydrogens is 566 g/mol. The smallest absolute Gasteiger partial charge is 0.231 e. The molecule has 0 aliphatic heterocycles. The molecule has 2 unspecified atom stereocenters. The molecule has 1 N–H and O–H groups in total. The predicted octanol–water partition coefficient (Wildman–Crippen LogP) is 7.12. The van der Waals surface area contributed by atoms with Crippen LogP contribution in [0.3, 0.4) is 0 Å². The van der Waals surface area contributed by atoms with Gasteiger partial charge in [-0.3, -0.25) is 19.4 Å². The summed E-state index contributed by atoms with van der Waals surface area (Å²) in [4.78, 5) is 41.8. The first-order valence-corrected chi connectivity index (χ1v) is 12.8. The number of ketones is 2. The highest BCUT2D eigenvalue weighted by atomic mass is 35.5. The van der Waals surface area contributed by atoms with Crippen LogP contribution < -0.4 is 5.32 Å². The van der Waals surface area contributed by atoms with Gasteiger partial charge in [0.15, 0.2) is 5.78 Å². The summed E-state index contributed by atoms with van der Waals surface area (Å²) in [6.45, 7) is 1.48. The van der Waals surface area contributed by atoms with Crippen molar-refractivity contribution >= 4 is 81.2 Å². The minimum atomic E-state index is -1.33. The topological polar surface area (TPSA) is 76.1 Å². The molecule has 1 heterocycles. The third-order valence-corrected chi connectivity index (χ3v) is 7.46. The zero-order chi connectivity index (χ0) is 26.2. The van der Waals surface area contributed by atoms with Crippen LogP contribution in [0.15, 0.2) is 54.6 Å². The minimum absolute atomic E-state index is 0.0183. The molecule has 1 fully saturated rings. The average molecular weight is 585 g/mol. The molecule has 1 aromatic heterocycles. The number of benzene rings is 2. The molecule has 4 rings (SSSR count). The van der Waals surface area contributed by atoms with Crippen LogP contribution >= 0.6 is 58.0 Å². The number of carbonyl (C=O) groups is 3. The fraction of sp³-hybridized carbons (Fsp3) is 0.231. The quantitative estimate of drug-likeness (QED) is 0.226. The number of aromatic nitrogens is 1. The van der Waals surface area contributed by atoms with E-state index >= 15 is 0 Å². The van der Waals surface area contributed by atoms with Crippen molar-refractivity contribution in [1.29, 1.82) is 0 Å². The number of Topliss-reactive ketones (excluding diaryl/α,β-unsaturated/α-hetero) is 2. The summed E-state index contributed by atoms with van der Waals surface area (Å²) in [6, 6.07) is 14.7.